The molecule has 0 aromatic heterocycles. The molecule has 1 amide bonds. The van der Waals surface area contributed by atoms with Gasteiger partial charge in [-0.3, -0.25) is 4.79 Å². The van der Waals surface area contributed by atoms with Crippen molar-refractivity contribution in [2.75, 3.05) is 12.8 Å². The Morgan fingerprint density at radius 3 is 2.67 bits per heavy atom. The number of amides is 1. The van der Waals surface area contributed by atoms with Crippen molar-refractivity contribution in [1.29, 1.82) is 0 Å². The summed E-state index contributed by atoms with van der Waals surface area (Å²) in [6.07, 6.45) is 5.02. The molecule has 4 heteroatoms. The number of carbonyl (C=O) groups excluding carboxylic acids is 1. The van der Waals surface area contributed by atoms with Crippen molar-refractivity contribution in [3.63, 3.8) is 0 Å². The summed E-state index contributed by atoms with van der Waals surface area (Å²) in [5.74, 6) is 1.12. The Morgan fingerprint density at radius 1 is 1.21 bits per heavy atom. The maximum Gasteiger partial charge on any atom is 0.254 e. The molecule has 0 spiro atoms. The number of rotatable bonds is 5. The highest BCUT2D eigenvalue weighted by Gasteiger charge is 2.29. The summed E-state index contributed by atoms with van der Waals surface area (Å²) in [4.78, 5) is 14.9. The molecule has 1 saturated heterocycles. The molecule has 0 bridgehead atoms. The van der Waals surface area contributed by atoms with E-state index >= 15 is 0 Å². The predicted molar refractivity (Wildman–Crippen MR) is 103 cm³/mol. The minimum Gasteiger partial charge on any atom is -0.335 e. The number of hydrogen-bond donors (Lipinski definition) is 0. The van der Waals surface area contributed by atoms with Crippen molar-refractivity contribution in [1.82, 2.24) is 4.90 Å². The monoisotopic (exact) mass is 359 g/mol. The van der Waals surface area contributed by atoms with Crippen LogP contribution in [-0.4, -0.2) is 29.6 Å². The first kappa shape index (κ1) is 17.4. The topological polar surface area (TPSA) is 20.3 Å². The Balaban J connectivity index is 1.72. The molecule has 126 valence electrons. The van der Waals surface area contributed by atoms with Gasteiger partial charge < -0.3 is 4.90 Å². The van der Waals surface area contributed by atoms with Gasteiger partial charge in [-0.25, -0.2) is 0 Å². The maximum absolute atomic E-state index is 12.9. The first-order valence-electron chi connectivity index (χ1n) is 8.31. The second-order valence-electron chi connectivity index (χ2n) is 6.22. The zero-order valence-electron chi connectivity index (χ0n) is 13.9. The smallest absolute Gasteiger partial charge is 0.254 e. The lowest BCUT2D eigenvalue weighted by molar-refractivity contribution is 0.0736. The van der Waals surface area contributed by atoms with Crippen molar-refractivity contribution in [2.45, 2.75) is 31.1 Å². The fourth-order valence-electron chi connectivity index (χ4n) is 3.31. The average molecular weight is 360 g/mol. The molecule has 2 aromatic carbocycles. The molecule has 0 saturated carbocycles. The van der Waals surface area contributed by atoms with E-state index in [0.29, 0.717) is 0 Å². The molecule has 0 aliphatic carbocycles. The number of carbonyl (C=O) groups is 1. The van der Waals surface area contributed by atoms with E-state index in [1.165, 1.54) is 5.56 Å². The summed E-state index contributed by atoms with van der Waals surface area (Å²) in [5.41, 5.74) is 3.16. The van der Waals surface area contributed by atoms with Crippen molar-refractivity contribution in [3.8, 4) is 0 Å². The Morgan fingerprint density at radius 2 is 1.96 bits per heavy atom. The summed E-state index contributed by atoms with van der Waals surface area (Å²) >= 11 is 8.08. The fraction of sp³-hybridized carbons (Fsp3) is 0.350. The fourth-order valence-corrected chi connectivity index (χ4v) is 4.05. The lowest BCUT2D eigenvalue weighted by atomic mass is 10.0. The Hall–Kier alpha value is -1.45. The zero-order chi connectivity index (χ0) is 16.9. The van der Waals surface area contributed by atoms with Gasteiger partial charge in [-0.1, -0.05) is 41.9 Å². The van der Waals surface area contributed by atoms with E-state index in [-0.39, 0.29) is 11.9 Å². The van der Waals surface area contributed by atoms with Crippen LogP contribution < -0.4 is 0 Å². The van der Waals surface area contributed by atoms with Crippen LogP contribution in [0.25, 0.3) is 0 Å². The van der Waals surface area contributed by atoms with Gasteiger partial charge in [-0.05, 0) is 54.8 Å². The van der Waals surface area contributed by atoms with E-state index in [1.807, 2.05) is 35.2 Å². The minimum absolute atomic E-state index is 0.139. The van der Waals surface area contributed by atoms with Crippen molar-refractivity contribution in [3.05, 3.63) is 70.2 Å². The summed E-state index contributed by atoms with van der Waals surface area (Å²) < 4.78 is 0. The minimum atomic E-state index is 0.139. The van der Waals surface area contributed by atoms with Gasteiger partial charge in [0.25, 0.3) is 5.91 Å². The van der Waals surface area contributed by atoms with E-state index in [0.717, 1.165) is 47.7 Å². The van der Waals surface area contributed by atoms with Crippen LogP contribution in [0.4, 0.5) is 0 Å². The molecule has 1 atom stereocenters. The highest BCUT2D eigenvalue weighted by molar-refractivity contribution is 7.97. The van der Waals surface area contributed by atoms with Crippen LogP contribution in [-0.2, 0) is 12.2 Å². The third-order valence-electron chi connectivity index (χ3n) is 4.56. The maximum atomic E-state index is 12.9. The second kappa shape index (κ2) is 8.09. The van der Waals surface area contributed by atoms with Crippen LogP contribution in [0.5, 0.6) is 0 Å². The first-order valence-corrected chi connectivity index (χ1v) is 10.1. The number of halogens is 1. The highest BCUT2D eigenvalue weighted by atomic mass is 35.5. The second-order valence-corrected chi connectivity index (χ2v) is 7.49. The van der Waals surface area contributed by atoms with Gasteiger partial charge in [0.05, 0.1) is 0 Å². The quantitative estimate of drug-likeness (QED) is 0.744. The van der Waals surface area contributed by atoms with Crippen LogP contribution in [0.15, 0.2) is 48.5 Å². The van der Waals surface area contributed by atoms with Gasteiger partial charge in [0.1, 0.15) is 0 Å². The van der Waals surface area contributed by atoms with E-state index in [9.17, 15) is 4.79 Å². The third-order valence-corrected chi connectivity index (χ3v) is 5.55. The Bertz CT molecular complexity index is 701. The number of thioether (sulfide) groups is 1. The summed E-state index contributed by atoms with van der Waals surface area (Å²) in [6, 6.07) is 16.2. The van der Waals surface area contributed by atoms with E-state index in [1.54, 1.807) is 11.8 Å². The van der Waals surface area contributed by atoms with Gasteiger partial charge in [0.2, 0.25) is 0 Å². The van der Waals surface area contributed by atoms with Gasteiger partial charge in [0.15, 0.2) is 0 Å². The molecule has 1 aliphatic heterocycles. The molecule has 1 unspecified atom stereocenters. The largest absolute Gasteiger partial charge is 0.335 e. The van der Waals surface area contributed by atoms with E-state index in [2.05, 4.69) is 24.5 Å². The molecule has 3 rings (SSSR count). The highest BCUT2D eigenvalue weighted by Crippen LogP contribution is 2.26. The molecular weight excluding hydrogens is 338 g/mol. The molecule has 2 nitrogen and oxygen atoms in total. The average Bonchev–Trinajstić information content (AvgIpc) is 3.05. The molecule has 1 heterocycles. The molecule has 0 radical (unpaired) electrons. The van der Waals surface area contributed by atoms with Crippen LogP contribution in [0.2, 0.25) is 5.02 Å². The first-order chi connectivity index (χ1) is 11.7. The van der Waals surface area contributed by atoms with Gasteiger partial charge in [-0.2, -0.15) is 11.8 Å². The van der Waals surface area contributed by atoms with Crippen LogP contribution in [0.3, 0.4) is 0 Å². The summed E-state index contributed by atoms with van der Waals surface area (Å²) in [6.45, 7) is 0.834. The normalized spacial score (nSPS) is 17.2. The lowest BCUT2D eigenvalue weighted by Crippen LogP contribution is -2.36. The standard InChI is InChI=1S/C20H22ClNOS/c1-24-14-15-8-10-16(11-9-15)20(23)22-12-4-6-18(22)13-17-5-2-3-7-19(17)21/h2-3,5,7-11,18H,4,6,12-14H2,1H3. The number of benzene rings is 2. The zero-order valence-corrected chi connectivity index (χ0v) is 15.4. The molecule has 24 heavy (non-hydrogen) atoms. The lowest BCUT2D eigenvalue weighted by Gasteiger charge is -2.25. The number of likely N-dealkylation sites (tertiary alicyclic amines) is 1. The number of hydrogen-bond acceptors (Lipinski definition) is 2. The van der Waals surface area contributed by atoms with Crippen LogP contribution in [0.1, 0.15) is 34.3 Å². The summed E-state index contributed by atoms with van der Waals surface area (Å²) in [5, 5.41) is 0.790. The van der Waals surface area contributed by atoms with Crippen molar-refractivity contribution < 1.29 is 4.79 Å². The van der Waals surface area contributed by atoms with Gasteiger partial charge in [-0.15, -0.1) is 0 Å². The molecule has 2 aromatic rings. The van der Waals surface area contributed by atoms with E-state index in [4.69, 9.17) is 11.6 Å². The SMILES string of the molecule is CSCc1ccc(C(=O)N2CCCC2Cc2ccccc2Cl)cc1. The molecule has 0 N–H and O–H groups in total. The third kappa shape index (κ3) is 3.96. The van der Waals surface area contributed by atoms with E-state index < -0.39 is 0 Å². The van der Waals surface area contributed by atoms with Crippen LogP contribution in [0, 0.1) is 0 Å². The summed E-state index contributed by atoms with van der Waals surface area (Å²) in [7, 11) is 0. The Labute approximate surface area is 153 Å². The molecule has 1 fully saturated rings. The predicted octanol–water partition coefficient (Wildman–Crippen LogP) is 5.05. The number of nitrogens with zero attached hydrogens (tertiary/aromatic N) is 1. The van der Waals surface area contributed by atoms with Crippen molar-refractivity contribution in [2.24, 2.45) is 0 Å². The van der Waals surface area contributed by atoms with Gasteiger partial charge in [0, 0.05) is 28.9 Å². The van der Waals surface area contributed by atoms with Crippen molar-refractivity contribution >= 4 is 29.3 Å². The van der Waals surface area contributed by atoms with Crippen LogP contribution >= 0.6 is 23.4 Å². The molecular formula is C20H22ClNOS. The Kier molecular flexibility index (Phi) is 5.85. The molecule has 1 aliphatic rings. The van der Waals surface area contributed by atoms with Gasteiger partial charge >= 0.3 is 0 Å².